The van der Waals surface area contributed by atoms with Gasteiger partial charge in [0.1, 0.15) is 0 Å². The van der Waals surface area contributed by atoms with Crippen LogP contribution in [0.15, 0.2) is 15.5 Å². The van der Waals surface area contributed by atoms with Crippen LogP contribution in [0.4, 0.5) is 0 Å². The standard InChI is InChI=1S/C24H36N4O4S2/c1-16(2)24-26-22(27-32-24)20-14-21(17(3)33-20)34(30,31)28-13-9-10-18(15-28)23(29)25-19-11-7-5-4-6-8-12-19/h14,16,18-19H,4-13,15H2,1-3H3,(H,25,29). The van der Waals surface area contributed by atoms with Crippen molar-refractivity contribution in [1.29, 1.82) is 0 Å². The highest BCUT2D eigenvalue weighted by Crippen LogP contribution is 2.35. The fraction of sp³-hybridized carbons (Fsp3) is 0.708. The smallest absolute Gasteiger partial charge is 0.244 e. The van der Waals surface area contributed by atoms with Gasteiger partial charge in [-0.05, 0) is 38.7 Å². The van der Waals surface area contributed by atoms with E-state index in [0.717, 1.165) is 32.1 Å². The average molecular weight is 509 g/mol. The molecule has 188 valence electrons. The normalized spacial score (nSPS) is 21.4. The molecule has 1 unspecified atom stereocenters. The van der Waals surface area contributed by atoms with Gasteiger partial charge >= 0.3 is 0 Å². The molecule has 1 atom stereocenters. The van der Waals surface area contributed by atoms with Crippen LogP contribution >= 0.6 is 11.3 Å². The average Bonchev–Trinajstić information content (AvgIpc) is 3.43. The summed E-state index contributed by atoms with van der Waals surface area (Å²) in [5.74, 6) is 0.733. The predicted octanol–water partition coefficient (Wildman–Crippen LogP) is 4.86. The molecule has 3 heterocycles. The Bertz CT molecular complexity index is 1080. The molecule has 0 radical (unpaired) electrons. The number of carbonyl (C=O) groups excluding carboxylic acids is 1. The first-order chi connectivity index (χ1) is 16.3. The van der Waals surface area contributed by atoms with Crippen molar-refractivity contribution in [3.63, 3.8) is 0 Å². The summed E-state index contributed by atoms with van der Waals surface area (Å²) < 4.78 is 33.9. The highest BCUT2D eigenvalue weighted by Gasteiger charge is 2.35. The monoisotopic (exact) mass is 508 g/mol. The first kappa shape index (κ1) is 25.3. The summed E-state index contributed by atoms with van der Waals surface area (Å²) in [4.78, 5) is 19.1. The van der Waals surface area contributed by atoms with Crippen LogP contribution in [0.1, 0.15) is 88.3 Å². The van der Waals surface area contributed by atoms with Gasteiger partial charge in [-0.2, -0.15) is 9.29 Å². The Kier molecular flexibility index (Phi) is 8.09. The third-order valence-electron chi connectivity index (χ3n) is 6.85. The van der Waals surface area contributed by atoms with Crippen LogP contribution in [0.5, 0.6) is 0 Å². The van der Waals surface area contributed by atoms with Gasteiger partial charge in [-0.3, -0.25) is 4.79 Å². The van der Waals surface area contributed by atoms with E-state index in [2.05, 4.69) is 15.5 Å². The first-order valence-corrected chi connectivity index (χ1v) is 14.8. The van der Waals surface area contributed by atoms with Gasteiger partial charge < -0.3 is 9.84 Å². The molecular formula is C24H36N4O4S2. The number of hydrogen-bond donors (Lipinski definition) is 1. The molecule has 1 aliphatic carbocycles. The summed E-state index contributed by atoms with van der Waals surface area (Å²) in [6, 6.07) is 1.86. The van der Waals surface area contributed by atoms with Crippen LogP contribution in [0.3, 0.4) is 0 Å². The summed E-state index contributed by atoms with van der Waals surface area (Å²) in [5, 5.41) is 7.25. The molecule has 2 aromatic heterocycles. The van der Waals surface area contributed by atoms with Gasteiger partial charge in [-0.15, -0.1) is 11.3 Å². The largest absolute Gasteiger partial charge is 0.353 e. The Hall–Kier alpha value is -1.78. The zero-order valence-electron chi connectivity index (χ0n) is 20.4. The minimum absolute atomic E-state index is 0.00113. The molecule has 2 fully saturated rings. The molecule has 34 heavy (non-hydrogen) atoms. The van der Waals surface area contributed by atoms with Crippen molar-refractivity contribution in [3.05, 3.63) is 16.8 Å². The molecule has 0 aromatic carbocycles. The molecule has 1 saturated heterocycles. The zero-order chi connectivity index (χ0) is 24.3. The highest BCUT2D eigenvalue weighted by molar-refractivity contribution is 7.89. The second kappa shape index (κ2) is 10.9. The summed E-state index contributed by atoms with van der Waals surface area (Å²) in [7, 11) is -3.72. The Morgan fingerprint density at radius 3 is 2.53 bits per heavy atom. The molecule has 10 heteroatoms. The van der Waals surface area contributed by atoms with Gasteiger partial charge in [0.25, 0.3) is 0 Å². The fourth-order valence-corrected chi connectivity index (χ4v) is 7.84. The van der Waals surface area contributed by atoms with Crippen molar-refractivity contribution in [2.24, 2.45) is 5.92 Å². The van der Waals surface area contributed by atoms with Gasteiger partial charge in [0.15, 0.2) is 0 Å². The molecular weight excluding hydrogens is 472 g/mol. The van der Waals surface area contributed by atoms with Crippen LogP contribution in [0.25, 0.3) is 10.7 Å². The maximum absolute atomic E-state index is 13.5. The second-order valence-electron chi connectivity index (χ2n) is 9.89. The molecule has 8 nitrogen and oxygen atoms in total. The SMILES string of the molecule is Cc1sc(-c2noc(C(C)C)n2)cc1S(=O)(=O)N1CCCC(C(=O)NC2CCCCCCC2)C1. The van der Waals surface area contributed by atoms with E-state index >= 15 is 0 Å². The molecule has 1 saturated carbocycles. The van der Waals surface area contributed by atoms with E-state index in [1.54, 1.807) is 13.0 Å². The minimum atomic E-state index is -3.72. The van der Waals surface area contributed by atoms with Crippen molar-refractivity contribution in [2.75, 3.05) is 13.1 Å². The number of hydrogen-bond acceptors (Lipinski definition) is 7. The molecule has 1 amide bonds. The third-order valence-corrected chi connectivity index (χ3v) is 10.0. The van der Waals surface area contributed by atoms with E-state index < -0.39 is 10.0 Å². The van der Waals surface area contributed by atoms with Crippen LogP contribution in [0, 0.1) is 12.8 Å². The molecule has 1 aliphatic heterocycles. The van der Waals surface area contributed by atoms with E-state index in [1.807, 2.05) is 13.8 Å². The lowest BCUT2D eigenvalue weighted by Crippen LogP contribution is -2.47. The van der Waals surface area contributed by atoms with Gasteiger partial charge in [-0.1, -0.05) is 51.1 Å². The lowest BCUT2D eigenvalue weighted by atomic mass is 9.94. The van der Waals surface area contributed by atoms with Crippen molar-refractivity contribution in [2.45, 2.75) is 95.4 Å². The predicted molar refractivity (Wildman–Crippen MR) is 132 cm³/mol. The number of aryl methyl sites for hydroxylation is 1. The molecule has 2 aliphatic rings. The van der Waals surface area contributed by atoms with E-state index in [0.29, 0.717) is 34.4 Å². The summed E-state index contributed by atoms with van der Waals surface area (Å²) in [6.45, 7) is 6.39. The summed E-state index contributed by atoms with van der Waals surface area (Å²) in [5.41, 5.74) is 0. The summed E-state index contributed by atoms with van der Waals surface area (Å²) in [6.07, 6.45) is 9.48. The number of carbonyl (C=O) groups is 1. The van der Waals surface area contributed by atoms with Crippen LogP contribution in [-0.4, -0.2) is 47.9 Å². The van der Waals surface area contributed by atoms with E-state index in [1.165, 1.54) is 34.9 Å². The molecule has 0 spiro atoms. The van der Waals surface area contributed by atoms with Crippen molar-refractivity contribution < 1.29 is 17.7 Å². The fourth-order valence-electron chi connectivity index (χ4n) is 4.83. The number of rotatable bonds is 6. The maximum atomic E-state index is 13.5. The van der Waals surface area contributed by atoms with Crippen molar-refractivity contribution in [3.8, 4) is 10.7 Å². The van der Waals surface area contributed by atoms with E-state index in [4.69, 9.17) is 4.52 Å². The zero-order valence-corrected chi connectivity index (χ0v) is 22.0. The van der Waals surface area contributed by atoms with E-state index in [-0.39, 0.29) is 35.2 Å². The maximum Gasteiger partial charge on any atom is 0.244 e. The summed E-state index contributed by atoms with van der Waals surface area (Å²) >= 11 is 1.35. The number of aromatic nitrogens is 2. The Labute approximate surface area is 206 Å². The number of thiophene rings is 1. The number of nitrogens with one attached hydrogen (secondary N) is 1. The first-order valence-electron chi connectivity index (χ1n) is 12.5. The highest BCUT2D eigenvalue weighted by atomic mass is 32.2. The number of nitrogens with zero attached hydrogens (tertiary/aromatic N) is 3. The molecule has 4 rings (SSSR count). The minimum Gasteiger partial charge on any atom is -0.353 e. The van der Waals surface area contributed by atoms with Crippen LogP contribution in [-0.2, 0) is 14.8 Å². The Balaban J connectivity index is 1.45. The van der Waals surface area contributed by atoms with Gasteiger partial charge in [0.05, 0.1) is 15.7 Å². The van der Waals surface area contributed by atoms with Crippen LogP contribution < -0.4 is 5.32 Å². The van der Waals surface area contributed by atoms with Crippen molar-refractivity contribution >= 4 is 27.3 Å². The quantitative estimate of drug-likeness (QED) is 0.597. The van der Waals surface area contributed by atoms with Gasteiger partial charge in [0.2, 0.25) is 27.6 Å². The van der Waals surface area contributed by atoms with Gasteiger partial charge in [-0.25, -0.2) is 8.42 Å². The Morgan fingerprint density at radius 2 is 1.85 bits per heavy atom. The third kappa shape index (κ3) is 5.71. The molecule has 0 bridgehead atoms. The van der Waals surface area contributed by atoms with Crippen LogP contribution in [0.2, 0.25) is 0 Å². The lowest BCUT2D eigenvalue weighted by molar-refractivity contribution is -0.126. The van der Waals surface area contributed by atoms with Crippen molar-refractivity contribution in [1.82, 2.24) is 19.8 Å². The number of piperidine rings is 1. The lowest BCUT2D eigenvalue weighted by Gasteiger charge is -2.32. The van der Waals surface area contributed by atoms with Gasteiger partial charge in [0, 0.05) is 29.9 Å². The number of amides is 1. The topological polar surface area (TPSA) is 105 Å². The second-order valence-corrected chi connectivity index (χ2v) is 13.1. The molecule has 1 N–H and O–H groups in total. The molecule has 2 aromatic rings. The Morgan fingerprint density at radius 1 is 1.15 bits per heavy atom. The number of sulfonamides is 1. The van der Waals surface area contributed by atoms with E-state index in [9.17, 15) is 13.2 Å².